The largest absolute Gasteiger partial charge is 0.368 e. The van der Waals surface area contributed by atoms with Crippen molar-refractivity contribution in [2.75, 3.05) is 5.73 Å². The van der Waals surface area contributed by atoms with Gasteiger partial charge in [-0.25, -0.2) is 14.8 Å². The van der Waals surface area contributed by atoms with Gasteiger partial charge in [0.15, 0.2) is 5.65 Å². The Morgan fingerprint density at radius 1 is 1.15 bits per heavy atom. The van der Waals surface area contributed by atoms with Gasteiger partial charge in [-0.05, 0) is 38.8 Å². The zero-order valence-corrected chi connectivity index (χ0v) is 17.1. The highest BCUT2D eigenvalue weighted by atomic mass is 79.9. The molecule has 0 bridgehead atoms. The van der Waals surface area contributed by atoms with Crippen molar-refractivity contribution < 1.29 is 0 Å². The first-order valence-corrected chi connectivity index (χ1v) is 9.23. The minimum absolute atomic E-state index is 0.0295. The SMILES string of the molecule is CC(C)n1cc(/C=C/Br)c(=O)[nH]c1=O.CC(C)n1cnc2cnc(N)nc21. The molecule has 0 atom stereocenters. The predicted octanol–water partition coefficient (Wildman–Crippen LogP) is 2.47. The first-order valence-electron chi connectivity index (χ1n) is 8.31. The van der Waals surface area contributed by atoms with Gasteiger partial charge in [-0.3, -0.25) is 14.3 Å². The van der Waals surface area contributed by atoms with Crippen LogP contribution in [-0.2, 0) is 0 Å². The fourth-order valence-electron chi connectivity index (χ4n) is 2.29. The van der Waals surface area contributed by atoms with E-state index in [0.717, 1.165) is 11.2 Å². The van der Waals surface area contributed by atoms with E-state index in [2.05, 4.69) is 49.7 Å². The van der Waals surface area contributed by atoms with E-state index in [1.54, 1.807) is 29.8 Å². The van der Waals surface area contributed by atoms with Crippen LogP contribution in [0.15, 0.2) is 33.3 Å². The fourth-order valence-corrected chi connectivity index (χ4v) is 2.57. The number of hydrogen-bond acceptors (Lipinski definition) is 6. The lowest BCUT2D eigenvalue weighted by atomic mass is 10.3. The maximum absolute atomic E-state index is 11.3. The van der Waals surface area contributed by atoms with Crippen molar-refractivity contribution in [3.63, 3.8) is 0 Å². The molecule has 10 heteroatoms. The van der Waals surface area contributed by atoms with Gasteiger partial charge in [0.2, 0.25) is 5.95 Å². The molecule has 3 N–H and O–H groups in total. The van der Waals surface area contributed by atoms with Gasteiger partial charge in [0.05, 0.1) is 18.1 Å². The Balaban J connectivity index is 0.000000194. The summed E-state index contributed by atoms with van der Waals surface area (Å²) in [6.07, 6.45) is 6.53. The normalized spacial score (nSPS) is 11.4. The molecule has 144 valence electrons. The summed E-state index contributed by atoms with van der Waals surface area (Å²) in [5.74, 6) is 0.287. The third kappa shape index (κ3) is 4.91. The number of aromatic nitrogens is 6. The van der Waals surface area contributed by atoms with E-state index >= 15 is 0 Å². The van der Waals surface area contributed by atoms with Crippen LogP contribution in [0.4, 0.5) is 5.95 Å². The van der Waals surface area contributed by atoms with Crippen LogP contribution in [0.5, 0.6) is 0 Å². The Labute approximate surface area is 164 Å². The maximum Gasteiger partial charge on any atom is 0.328 e. The number of halogens is 1. The van der Waals surface area contributed by atoms with E-state index in [1.165, 1.54) is 4.57 Å². The summed E-state index contributed by atoms with van der Waals surface area (Å²) in [5.41, 5.74) is 6.77. The molecule has 0 amide bonds. The third-order valence-corrected chi connectivity index (χ3v) is 3.95. The minimum Gasteiger partial charge on any atom is -0.368 e. The number of aromatic amines is 1. The third-order valence-electron chi connectivity index (χ3n) is 3.69. The van der Waals surface area contributed by atoms with E-state index in [4.69, 9.17) is 5.73 Å². The van der Waals surface area contributed by atoms with Gasteiger partial charge in [0.1, 0.15) is 5.52 Å². The van der Waals surface area contributed by atoms with Gasteiger partial charge < -0.3 is 10.3 Å². The zero-order chi connectivity index (χ0) is 20.1. The second-order valence-corrected chi connectivity index (χ2v) is 6.85. The molecule has 0 aromatic carbocycles. The van der Waals surface area contributed by atoms with Crippen LogP contribution in [0.1, 0.15) is 45.3 Å². The molecule has 0 aliphatic carbocycles. The number of nitrogens with zero attached hydrogens (tertiary/aromatic N) is 5. The molecule has 9 nitrogen and oxygen atoms in total. The highest BCUT2D eigenvalue weighted by Gasteiger charge is 2.07. The molecule has 0 saturated heterocycles. The lowest BCUT2D eigenvalue weighted by molar-refractivity contribution is 0.560. The number of H-pyrrole nitrogens is 1. The van der Waals surface area contributed by atoms with Crippen molar-refractivity contribution in [2.24, 2.45) is 0 Å². The van der Waals surface area contributed by atoms with Gasteiger partial charge in [-0.2, -0.15) is 4.98 Å². The Morgan fingerprint density at radius 2 is 1.81 bits per heavy atom. The number of anilines is 1. The van der Waals surface area contributed by atoms with Crippen LogP contribution in [0.2, 0.25) is 0 Å². The second-order valence-electron chi connectivity index (χ2n) is 6.32. The van der Waals surface area contributed by atoms with Crippen molar-refractivity contribution in [1.29, 1.82) is 0 Å². The van der Waals surface area contributed by atoms with Gasteiger partial charge in [-0.15, -0.1) is 0 Å². The first-order chi connectivity index (χ1) is 12.7. The number of nitrogens with two attached hydrogens (primary N) is 1. The van der Waals surface area contributed by atoms with E-state index in [0.29, 0.717) is 11.6 Å². The molecular weight excluding hydrogens is 414 g/mol. The Morgan fingerprint density at radius 3 is 2.41 bits per heavy atom. The Hall–Kier alpha value is -2.75. The summed E-state index contributed by atoms with van der Waals surface area (Å²) in [6.45, 7) is 7.89. The smallest absolute Gasteiger partial charge is 0.328 e. The monoisotopic (exact) mass is 435 g/mol. The van der Waals surface area contributed by atoms with E-state index in [1.807, 2.05) is 18.4 Å². The number of nitrogen functional groups attached to an aromatic ring is 1. The summed E-state index contributed by atoms with van der Waals surface area (Å²) in [5, 5.41) is 0. The van der Waals surface area contributed by atoms with Gasteiger partial charge in [0.25, 0.3) is 5.56 Å². The molecule has 3 aromatic rings. The van der Waals surface area contributed by atoms with E-state index < -0.39 is 0 Å². The lowest BCUT2D eigenvalue weighted by Gasteiger charge is -2.08. The van der Waals surface area contributed by atoms with Crippen LogP contribution in [0.25, 0.3) is 17.2 Å². The average molecular weight is 436 g/mol. The van der Waals surface area contributed by atoms with Gasteiger partial charge in [-0.1, -0.05) is 15.9 Å². The van der Waals surface area contributed by atoms with Crippen LogP contribution in [0, 0.1) is 0 Å². The Kier molecular flexibility index (Phi) is 6.67. The summed E-state index contributed by atoms with van der Waals surface area (Å²) >= 11 is 3.08. The average Bonchev–Trinajstić information content (AvgIpc) is 3.01. The lowest BCUT2D eigenvalue weighted by Crippen LogP contribution is -2.31. The fraction of sp³-hybridized carbons (Fsp3) is 0.353. The van der Waals surface area contributed by atoms with Crippen molar-refractivity contribution >= 4 is 39.1 Å². The summed E-state index contributed by atoms with van der Waals surface area (Å²) in [4.78, 5) is 38.6. The second kappa shape index (κ2) is 8.76. The predicted molar refractivity (Wildman–Crippen MR) is 110 cm³/mol. The molecule has 3 aromatic heterocycles. The Bertz CT molecular complexity index is 1060. The van der Waals surface area contributed by atoms with Crippen LogP contribution in [-0.4, -0.2) is 29.1 Å². The molecule has 0 aliphatic rings. The number of imidazole rings is 1. The maximum atomic E-state index is 11.3. The molecule has 27 heavy (non-hydrogen) atoms. The molecule has 0 unspecified atom stereocenters. The number of fused-ring (bicyclic) bond motifs is 1. The topological polar surface area (TPSA) is 124 Å². The van der Waals surface area contributed by atoms with E-state index in [9.17, 15) is 9.59 Å². The standard InChI is InChI=1S/C9H11BrN2O2.C8H11N5/c1-6(2)12-5-7(3-4-10)8(13)11-9(12)14;1-5(2)13-4-11-6-3-10-8(9)12-7(6)13/h3-6H,1-2H3,(H,11,13,14);3-5H,1-2H3,(H2,9,10,12)/b4-3+;. The van der Waals surface area contributed by atoms with Crippen LogP contribution < -0.4 is 17.0 Å². The molecule has 0 aliphatic heterocycles. The summed E-state index contributed by atoms with van der Waals surface area (Å²) < 4.78 is 3.44. The van der Waals surface area contributed by atoms with Crippen molar-refractivity contribution in [3.8, 4) is 0 Å². The van der Waals surface area contributed by atoms with Crippen molar-refractivity contribution in [1.82, 2.24) is 29.1 Å². The van der Waals surface area contributed by atoms with Crippen molar-refractivity contribution in [3.05, 3.63) is 50.1 Å². The molecule has 0 fully saturated rings. The molecule has 3 rings (SSSR count). The summed E-state index contributed by atoms with van der Waals surface area (Å²) in [6, 6.07) is 0.362. The molecular formula is C17H22BrN7O2. The summed E-state index contributed by atoms with van der Waals surface area (Å²) in [7, 11) is 0. The van der Waals surface area contributed by atoms with Gasteiger partial charge >= 0.3 is 5.69 Å². The minimum atomic E-state index is -0.378. The number of hydrogen-bond donors (Lipinski definition) is 2. The van der Waals surface area contributed by atoms with Crippen molar-refractivity contribution in [2.45, 2.75) is 39.8 Å². The molecule has 0 radical (unpaired) electrons. The first kappa shape index (κ1) is 20.6. The highest BCUT2D eigenvalue weighted by Crippen LogP contribution is 2.14. The molecule has 3 heterocycles. The molecule has 0 saturated carbocycles. The van der Waals surface area contributed by atoms with Crippen LogP contribution in [0.3, 0.4) is 0 Å². The van der Waals surface area contributed by atoms with Gasteiger partial charge in [0, 0.05) is 18.3 Å². The quantitative estimate of drug-likeness (QED) is 0.650. The molecule has 0 spiro atoms. The number of rotatable bonds is 3. The zero-order valence-electron chi connectivity index (χ0n) is 15.5. The highest BCUT2D eigenvalue weighted by molar-refractivity contribution is 9.11. The number of nitrogens with one attached hydrogen (secondary N) is 1. The van der Waals surface area contributed by atoms with Crippen LogP contribution >= 0.6 is 15.9 Å². The van der Waals surface area contributed by atoms with E-state index in [-0.39, 0.29) is 23.2 Å².